The van der Waals surface area contributed by atoms with Crippen molar-refractivity contribution in [3.8, 4) is 0 Å². The van der Waals surface area contributed by atoms with Gasteiger partial charge in [0.05, 0.1) is 36.6 Å². The van der Waals surface area contributed by atoms with Crippen molar-refractivity contribution in [3.63, 3.8) is 0 Å². The third kappa shape index (κ3) is 5.31. The third-order valence-corrected chi connectivity index (χ3v) is 7.58. The monoisotopic (exact) mass is 521 g/mol. The van der Waals surface area contributed by atoms with Gasteiger partial charge >= 0.3 is 5.97 Å². The number of aliphatic hydroxyl groups is 1. The smallest absolute Gasteiger partial charge is 0.341 e. The van der Waals surface area contributed by atoms with Crippen LogP contribution in [0.3, 0.4) is 0 Å². The van der Waals surface area contributed by atoms with Gasteiger partial charge in [0.1, 0.15) is 0 Å². The number of aromatic nitrogens is 2. The predicted octanol–water partition coefficient (Wildman–Crippen LogP) is 5.44. The first-order valence-electron chi connectivity index (χ1n) is 13.5. The van der Waals surface area contributed by atoms with E-state index in [0.29, 0.717) is 31.7 Å². The van der Waals surface area contributed by atoms with Crippen LogP contribution in [0.5, 0.6) is 0 Å². The highest BCUT2D eigenvalue weighted by molar-refractivity contribution is 5.88. The van der Waals surface area contributed by atoms with E-state index in [4.69, 9.17) is 4.74 Å². The number of carbonyl (C=O) groups excluding carboxylic acids is 1. The molecule has 200 valence electrons. The number of piperidine rings is 1. The second kappa shape index (κ2) is 11.8. The van der Waals surface area contributed by atoms with Crippen LogP contribution in [0.25, 0.3) is 0 Å². The summed E-state index contributed by atoms with van der Waals surface area (Å²) in [4.78, 5) is 14.6. The van der Waals surface area contributed by atoms with Crippen molar-refractivity contribution < 1.29 is 14.6 Å². The Balaban J connectivity index is 1.57. The number of benzene rings is 3. The first kappa shape index (κ1) is 26.6. The number of ether oxygens (including phenoxy) is 1. The molecule has 3 aromatic carbocycles. The molecule has 6 heteroatoms. The summed E-state index contributed by atoms with van der Waals surface area (Å²) in [7, 11) is 0. The molecule has 1 aromatic heterocycles. The van der Waals surface area contributed by atoms with Crippen molar-refractivity contribution in [3.05, 3.63) is 137 Å². The Morgan fingerprint density at radius 2 is 1.49 bits per heavy atom. The van der Waals surface area contributed by atoms with Gasteiger partial charge in [0.25, 0.3) is 0 Å². The molecule has 1 fully saturated rings. The van der Waals surface area contributed by atoms with Crippen molar-refractivity contribution in [2.45, 2.75) is 38.5 Å². The van der Waals surface area contributed by atoms with Crippen LogP contribution >= 0.6 is 0 Å². The lowest BCUT2D eigenvalue weighted by molar-refractivity contribution is 0.0526. The zero-order valence-corrected chi connectivity index (χ0v) is 22.5. The van der Waals surface area contributed by atoms with Crippen LogP contribution in [0.4, 0.5) is 0 Å². The summed E-state index contributed by atoms with van der Waals surface area (Å²) >= 11 is 0. The zero-order chi connectivity index (χ0) is 27.2. The lowest BCUT2D eigenvalue weighted by atomic mass is 9.74. The Morgan fingerprint density at radius 3 is 2.00 bits per heavy atom. The van der Waals surface area contributed by atoms with Crippen molar-refractivity contribution >= 4 is 5.97 Å². The summed E-state index contributed by atoms with van der Waals surface area (Å²) in [5, 5.41) is 15.6. The Labute approximate surface area is 230 Å². The van der Waals surface area contributed by atoms with Crippen molar-refractivity contribution in [1.82, 2.24) is 14.7 Å². The molecule has 1 atom stereocenters. The van der Waals surface area contributed by atoms with Gasteiger partial charge in [-0.1, -0.05) is 91.0 Å². The number of aliphatic hydroxyl groups excluding tert-OH is 1. The van der Waals surface area contributed by atoms with Crippen molar-refractivity contribution in [1.29, 1.82) is 0 Å². The molecule has 39 heavy (non-hydrogen) atoms. The van der Waals surface area contributed by atoms with Crippen LogP contribution < -0.4 is 0 Å². The van der Waals surface area contributed by atoms with Gasteiger partial charge in [0.15, 0.2) is 0 Å². The molecule has 0 saturated carbocycles. The molecule has 4 aromatic rings. The standard InChI is InChI=1S/C33H35N3O3/c1-3-39-32(38)26-21-34-36(23-26)22-25(2)30-24-35(20-19-31(30)37)33(27-13-7-4-8-14-27,28-15-9-5-10-16-28)29-17-11-6-12-18-29/h4-18,21,23,31,37H,3,19-20,22,24H2,1-2H3/b30-25+. The molecular formula is C33H35N3O3. The summed E-state index contributed by atoms with van der Waals surface area (Å²) in [6.45, 7) is 5.95. The van der Waals surface area contributed by atoms with Crippen molar-refractivity contribution in [2.75, 3.05) is 19.7 Å². The van der Waals surface area contributed by atoms with E-state index in [1.54, 1.807) is 17.8 Å². The molecule has 1 aliphatic heterocycles. The number of rotatable bonds is 8. The van der Waals surface area contributed by atoms with Crippen LogP contribution in [-0.4, -0.2) is 51.6 Å². The minimum Gasteiger partial charge on any atom is -0.462 e. The van der Waals surface area contributed by atoms with Crippen LogP contribution in [0.15, 0.2) is 115 Å². The summed E-state index contributed by atoms with van der Waals surface area (Å²) < 4.78 is 6.84. The zero-order valence-electron chi connectivity index (χ0n) is 22.5. The molecule has 0 amide bonds. The fourth-order valence-electron chi connectivity index (χ4n) is 5.75. The number of allylic oxidation sites excluding steroid dienone is 1. The lowest BCUT2D eigenvalue weighted by Crippen LogP contribution is -2.53. The van der Waals surface area contributed by atoms with Crippen LogP contribution in [-0.2, 0) is 16.8 Å². The van der Waals surface area contributed by atoms with Crippen LogP contribution in [0.2, 0.25) is 0 Å². The van der Waals surface area contributed by atoms with E-state index in [1.165, 1.54) is 22.9 Å². The number of hydrogen-bond donors (Lipinski definition) is 1. The Morgan fingerprint density at radius 1 is 0.949 bits per heavy atom. The number of nitrogens with zero attached hydrogens (tertiary/aromatic N) is 3. The summed E-state index contributed by atoms with van der Waals surface area (Å²) in [6.07, 6.45) is 3.32. The fraction of sp³-hybridized carbons (Fsp3) is 0.273. The average Bonchev–Trinajstić information content (AvgIpc) is 3.45. The number of esters is 1. The normalized spacial score (nSPS) is 17.6. The lowest BCUT2D eigenvalue weighted by Gasteiger charge is -2.49. The quantitative estimate of drug-likeness (QED) is 0.190. The maximum Gasteiger partial charge on any atom is 0.341 e. The van der Waals surface area contributed by atoms with Gasteiger partial charge in [0, 0.05) is 19.3 Å². The van der Waals surface area contributed by atoms with Gasteiger partial charge in [-0.05, 0) is 48.1 Å². The average molecular weight is 522 g/mol. The molecule has 1 aliphatic rings. The topological polar surface area (TPSA) is 67.6 Å². The van der Waals surface area contributed by atoms with Gasteiger partial charge in [-0.25, -0.2) is 4.79 Å². The van der Waals surface area contributed by atoms with E-state index in [2.05, 4.69) is 82.8 Å². The maximum absolute atomic E-state index is 12.1. The van der Waals surface area contributed by atoms with E-state index < -0.39 is 11.6 Å². The molecule has 5 rings (SSSR count). The molecule has 2 heterocycles. The summed E-state index contributed by atoms with van der Waals surface area (Å²) in [6, 6.07) is 31.9. The molecule has 1 N–H and O–H groups in total. The maximum atomic E-state index is 12.1. The van der Waals surface area contributed by atoms with Gasteiger partial charge in [-0.2, -0.15) is 5.10 Å². The first-order valence-corrected chi connectivity index (χ1v) is 13.5. The van der Waals surface area contributed by atoms with Gasteiger partial charge in [-0.3, -0.25) is 9.58 Å². The van der Waals surface area contributed by atoms with E-state index in [-0.39, 0.29) is 5.97 Å². The number of hydrogen-bond acceptors (Lipinski definition) is 5. The minimum atomic E-state index is -0.543. The summed E-state index contributed by atoms with van der Waals surface area (Å²) in [5.74, 6) is -0.378. The predicted molar refractivity (Wildman–Crippen MR) is 152 cm³/mol. The molecule has 0 bridgehead atoms. The SMILES string of the molecule is CCOC(=O)c1cnn(C/C(C)=C2\CN(C(c3ccccc3)(c3ccccc3)c3ccccc3)CCC2O)c1. The molecule has 0 radical (unpaired) electrons. The molecule has 1 saturated heterocycles. The second-order valence-corrected chi connectivity index (χ2v) is 9.99. The first-order chi connectivity index (χ1) is 19.0. The Hall–Kier alpha value is -4.00. The molecule has 6 nitrogen and oxygen atoms in total. The summed E-state index contributed by atoms with van der Waals surface area (Å²) in [5.41, 5.74) is 5.45. The second-order valence-electron chi connectivity index (χ2n) is 9.99. The van der Waals surface area contributed by atoms with Crippen LogP contribution in [0.1, 0.15) is 47.3 Å². The number of likely N-dealkylation sites (tertiary alicyclic amines) is 1. The van der Waals surface area contributed by atoms with Gasteiger partial charge < -0.3 is 9.84 Å². The largest absolute Gasteiger partial charge is 0.462 e. The molecular weight excluding hydrogens is 486 g/mol. The molecule has 1 unspecified atom stereocenters. The van der Waals surface area contributed by atoms with Crippen molar-refractivity contribution in [2.24, 2.45) is 0 Å². The molecule has 0 spiro atoms. The number of carbonyl (C=O) groups is 1. The fourth-order valence-corrected chi connectivity index (χ4v) is 5.75. The van der Waals surface area contributed by atoms with Gasteiger partial charge in [-0.15, -0.1) is 0 Å². The highest BCUT2D eigenvalue weighted by Gasteiger charge is 2.44. The van der Waals surface area contributed by atoms with E-state index in [0.717, 1.165) is 17.7 Å². The van der Waals surface area contributed by atoms with Crippen LogP contribution in [0, 0.1) is 0 Å². The minimum absolute atomic E-state index is 0.321. The van der Waals surface area contributed by atoms with E-state index >= 15 is 0 Å². The Kier molecular flexibility index (Phi) is 8.05. The van der Waals surface area contributed by atoms with E-state index in [1.807, 2.05) is 25.1 Å². The van der Waals surface area contributed by atoms with Gasteiger partial charge in [0.2, 0.25) is 0 Å². The molecule has 0 aliphatic carbocycles. The highest BCUT2D eigenvalue weighted by Crippen LogP contribution is 2.44. The highest BCUT2D eigenvalue weighted by atomic mass is 16.5. The third-order valence-electron chi connectivity index (χ3n) is 7.58. The Bertz CT molecular complexity index is 1320. The van der Waals surface area contributed by atoms with E-state index in [9.17, 15) is 9.90 Å².